The van der Waals surface area contributed by atoms with Gasteiger partial charge in [0.25, 0.3) is 5.91 Å². The molecule has 0 aliphatic heterocycles. The van der Waals surface area contributed by atoms with Gasteiger partial charge in [0.15, 0.2) is 0 Å². The minimum Gasteiger partial charge on any atom is -0.387 e. The van der Waals surface area contributed by atoms with Gasteiger partial charge in [-0.2, -0.15) is 10.4 Å². The predicted molar refractivity (Wildman–Crippen MR) is 135 cm³/mol. The normalized spacial score (nSPS) is 12.8. The Morgan fingerprint density at radius 3 is 2.62 bits per heavy atom. The van der Waals surface area contributed by atoms with E-state index in [1.807, 2.05) is 26.8 Å². The SMILES string of the molecule is CC(C)(C)c1cc(Nc2cc(-c3ccc4cc(C#N)cnn34)ncc2C(=O)NCC(F)C(C)(C)O)on1. The number of nitrogens with zero attached hydrogens (tertiary/aromatic N) is 5. The number of anilines is 2. The number of hydrogen-bond donors (Lipinski definition) is 3. The Balaban J connectivity index is 1.71. The second-order valence-electron chi connectivity index (χ2n) is 10.3. The molecule has 192 valence electrons. The second kappa shape index (κ2) is 9.63. The third-order valence-electron chi connectivity index (χ3n) is 5.79. The van der Waals surface area contributed by atoms with Crippen LogP contribution in [0.5, 0.6) is 0 Å². The molecule has 0 fully saturated rings. The fourth-order valence-electron chi connectivity index (χ4n) is 3.48. The molecule has 0 aromatic carbocycles. The van der Waals surface area contributed by atoms with Gasteiger partial charge in [-0.1, -0.05) is 25.9 Å². The van der Waals surface area contributed by atoms with Crippen LogP contribution in [0, 0.1) is 11.3 Å². The van der Waals surface area contributed by atoms with Crippen molar-refractivity contribution in [2.75, 3.05) is 11.9 Å². The molecule has 0 saturated heterocycles. The van der Waals surface area contributed by atoms with Gasteiger partial charge in [0, 0.05) is 17.7 Å². The van der Waals surface area contributed by atoms with Crippen molar-refractivity contribution in [2.45, 2.75) is 51.8 Å². The smallest absolute Gasteiger partial charge is 0.255 e. The summed E-state index contributed by atoms with van der Waals surface area (Å²) in [7, 11) is 0. The van der Waals surface area contributed by atoms with Gasteiger partial charge >= 0.3 is 0 Å². The van der Waals surface area contributed by atoms with Gasteiger partial charge in [0.2, 0.25) is 5.88 Å². The van der Waals surface area contributed by atoms with Crippen LogP contribution >= 0.6 is 0 Å². The minimum atomic E-state index is -1.67. The molecule has 10 nitrogen and oxygen atoms in total. The largest absolute Gasteiger partial charge is 0.387 e. The number of aromatic nitrogens is 4. The lowest BCUT2D eigenvalue weighted by molar-refractivity contribution is -0.00177. The highest BCUT2D eigenvalue weighted by molar-refractivity contribution is 6.00. The maximum absolute atomic E-state index is 14.3. The molecule has 0 spiro atoms. The first kappa shape index (κ1) is 25.8. The highest BCUT2D eigenvalue weighted by Gasteiger charge is 2.27. The number of amides is 1. The number of carbonyl (C=O) groups is 1. The Kier molecular flexibility index (Phi) is 6.71. The molecule has 0 bridgehead atoms. The zero-order valence-electron chi connectivity index (χ0n) is 21.2. The van der Waals surface area contributed by atoms with Crippen molar-refractivity contribution in [2.24, 2.45) is 0 Å². The molecular weight excluding hydrogens is 477 g/mol. The Labute approximate surface area is 213 Å². The van der Waals surface area contributed by atoms with Crippen LogP contribution in [0.2, 0.25) is 0 Å². The number of alkyl halides is 1. The summed E-state index contributed by atoms with van der Waals surface area (Å²) in [4.78, 5) is 17.4. The molecular formula is C26H28FN7O3. The summed E-state index contributed by atoms with van der Waals surface area (Å²) in [5, 5.41) is 33.0. The number of rotatable bonds is 7. The second-order valence-corrected chi connectivity index (χ2v) is 10.3. The van der Waals surface area contributed by atoms with Gasteiger partial charge in [0.1, 0.15) is 12.2 Å². The van der Waals surface area contributed by atoms with Crippen molar-refractivity contribution >= 4 is 23.0 Å². The number of nitrogens with one attached hydrogen (secondary N) is 2. The minimum absolute atomic E-state index is 0.140. The van der Waals surface area contributed by atoms with Crippen molar-refractivity contribution in [3.05, 3.63) is 59.5 Å². The lowest BCUT2D eigenvalue weighted by Crippen LogP contribution is -2.42. The molecule has 4 aromatic rings. The van der Waals surface area contributed by atoms with E-state index in [9.17, 15) is 14.3 Å². The van der Waals surface area contributed by atoms with Crippen molar-refractivity contribution in [3.63, 3.8) is 0 Å². The van der Waals surface area contributed by atoms with E-state index in [0.29, 0.717) is 34.0 Å². The summed E-state index contributed by atoms with van der Waals surface area (Å²) in [6.07, 6.45) is 1.16. The van der Waals surface area contributed by atoms with E-state index in [1.54, 1.807) is 28.8 Å². The molecule has 1 amide bonds. The van der Waals surface area contributed by atoms with Crippen molar-refractivity contribution < 1.29 is 18.8 Å². The van der Waals surface area contributed by atoms with Crippen LogP contribution in [0.1, 0.15) is 56.2 Å². The monoisotopic (exact) mass is 505 g/mol. The zero-order chi connectivity index (χ0) is 27.0. The van der Waals surface area contributed by atoms with Crippen molar-refractivity contribution in [1.82, 2.24) is 25.1 Å². The number of aliphatic hydroxyl groups is 1. The molecule has 0 saturated carbocycles. The summed E-state index contributed by atoms with van der Waals surface area (Å²) in [6.45, 7) is 8.27. The standard InChI is InChI=1S/C26H28FN7O3/c1-25(2,3)22-10-23(37-33-22)32-18-9-19(20-7-6-16-8-15(11-28)12-31-34(16)20)29-13-17(18)24(35)30-14-21(27)26(4,5)36/h6-10,12-13,21,36H,14H2,1-5H3,(H,29,32)(H,30,35). The lowest BCUT2D eigenvalue weighted by Gasteiger charge is -2.22. The molecule has 0 aliphatic carbocycles. The first-order chi connectivity index (χ1) is 17.4. The Hall–Kier alpha value is -4.30. The van der Waals surface area contributed by atoms with Gasteiger partial charge < -0.3 is 20.3 Å². The van der Waals surface area contributed by atoms with Crippen LogP contribution in [-0.2, 0) is 5.41 Å². The van der Waals surface area contributed by atoms with E-state index < -0.39 is 17.7 Å². The topological polar surface area (TPSA) is 141 Å². The average Bonchev–Trinajstić information content (AvgIpc) is 3.48. The van der Waals surface area contributed by atoms with E-state index in [-0.39, 0.29) is 17.5 Å². The summed E-state index contributed by atoms with van der Waals surface area (Å²) in [5.74, 6) is -0.270. The number of hydrogen-bond acceptors (Lipinski definition) is 8. The molecule has 4 rings (SSSR count). The highest BCUT2D eigenvalue weighted by Crippen LogP contribution is 2.30. The number of halogens is 1. The van der Waals surface area contributed by atoms with Crippen LogP contribution in [0.25, 0.3) is 16.9 Å². The van der Waals surface area contributed by atoms with Crippen LogP contribution in [0.4, 0.5) is 16.0 Å². The maximum Gasteiger partial charge on any atom is 0.255 e. The van der Waals surface area contributed by atoms with E-state index >= 15 is 0 Å². The Morgan fingerprint density at radius 1 is 1.22 bits per heavy atom. The van der Waals surface area contributed by atoms with E-state index in [2.05, 4.69) is 31.9 Å². The fourth-order valence-corrected chi connectivity index (χ4v) is 3.48. The van der Waals surface area contributed by atoms with E-state index in [0.717, 1.165) is 5.69 Å². The number of carbonyl (C=O) groups excluding carboxylic acids is 1. The number of pyridine rings is 1. The average molecular weight is 506 g/mol. The van der Waals surface area contributed by atoms with Gasteiger partial charge in [-0.25, -0.2) is 8.91 Å². The van der Waals surface area contributed by atoms with Gasteiger partial charge in [0.05, 0.1) is 57.8 Å². The van der Waals surface area contributed by atoms with E-state index in [4.69, 9.17) is 9.78 Å². The first-order valence-corrected chi connectivity index (χ1v) is 11.6. The molecule has 11 heteroatoms. The van der Waals surface area contributed by atoms with Crippen LogP contribution in [0.15, 0.2) is 47.2 Å². The molecule has 1 atom stereocenters. The molecule has 0 radical (unpaired) electrons. The Bertz CT molecular complexity index is 1490. The third-order valence-corrected chi connectivity index (χ3v) is 5.79. The van der Waals surface area contributed by atoms with Crippen molar-refractivity contribution in [1.29, 1.82) is 5.26 Å². The third kappa shape index (κ3) is 5.59. The molecule has 0 aliphatic rings. The number of nitriles is 1. The predicted octanol–water partition coefficient (Wildman–Crippen LogP) is 4.14. The Morgan fingerprint density at radius 2 is 1.97 bits per heavy atom. The van der Waals surface area contributed by atoms with Gasteiger partial charge in [-0.3, -0.25) is 9.78 Å². The highest BCUT2D eigenvalue weighted by atomic mass is 19.1. The van der Waals surface area contributed by atoms with Gasteiger partial charge in [-0.15, -0.1) is 0 Å². The zero-order valence-corrected chi connectivity index (χ0v) is 21.2. The van der Waals surface area contributed by atoms with Crippen LogP contribution < -0.4 is 10.6 Å². The summed E-state index contributed by atoms with van der Waals surface area (Å²) < 4.78 is 21.3. The van der Waals surface area contributed by atoms with Crippen LogP contribution in [-0.4, -0.2) is 49.1 Å². The lowest BCUT2D eigenvalue weighted by atomic mass is 9.92. The molecule has 4 aromatic heterocycles. The number of fused-ring (bicyclic) bond motifs is 1. The molecule has 1 unspecified atom stereocenters. The van der Waals surface area contributed by atoms with E-state index in [1.165, 1.54) is 26.2 Å². The molecule has 3 N–H and O–H groups in total. The maximum atomic E-state index is 14.3. The fraction of sp³-hybridized carbons (Fsp3) is 0.346. The summed E-state index contributed by atoms with van der Waals surface area (Å²) in [6, 6.07) is 10.8. The molecule has 37 heavy (non-hydrogen) atoms. The summed E-state index contributed by atoms with van der Waals surface area (Å²) in [5.41, 5.74) is 1.61. The molecule has 4 heterocycles. The summed E-state index contributed by atoms with van der Waals surface area (Å²) >= 11 is 0. The quantitative estimate of drug-likeness (QED) is 0.340. The first-order valence-electron chi connectivity index (χ1n) is 11.6. The van der Waals surface area contributed by atoms with Crippen molar-refractivity contribution in [3.8, 4) is 17.5 Å². The van der Waals surface area contributed by atoms with Crippen LogP contribution in [0.3, 0.4) is 0 Å². The van der Waals surface area contributed by atoms with Gasteiger partial charge in [-0.05, 0) is 38.1 Å².